The Bertz CT molecular complexity index is 900. The third-order valence-corrected chi connectivity index (χ3v) is 5.11. The molecule has 0 aliphatic carbocycles. The predicted octanol–water partition coefficient (Wildman–Crippen LogP) is 2.42. The number of aliphatic carboxylic acids is 1. The van der Waals surface area contributed by atoms with Gasteiger partial charge in [0.05, 0.1) is 12.3 Å². The highest BCUT2D eigenvalue weighted by Gasteiger charge is 2.40. The summed E-state index contributed by atoms with van der Waals surface area (Å²) in [6, 6.07) is 11.4. The molecule has 140 valence electrons. The molecule has 0 saturated carbocycles. The second kappa shape index (κ2) is 6.90. The summed E-state index contributed by atoms with van der Waals surface area (Å²) >= 11 is 0. The SMILES string of the molecule is O=C(O)[C@H]1CN(C(=O)Cc2ccccc2F)C[C@@H]1c1ccc2c(c1)OCO2. The van der Waals surface area contributed by atoms with Gasteiger partial charge in [-0.2, -0.15) is 0 Å². The first-order chi connectivity index (χ1) is 13.0. The molecule has 2 heterocycles. The Morgan fingerprint density at radius 2 is 1.89 bits per heavy atom. The molecule has 1 N–H and O–H groups in total. The standard InChI is InChI=1S/C20H18FNO5/c21-16-4-2-1-3-13(16)8-19(23)22-9-14(15(10-22)20(24)25)12-5-6-17-18(7-12)27-11-26-17/h1-7,14-15H,8-11H2,(H,24,25)/t14-,15+/m1/s1. The van der Waals surface area contributed by atoms with E-state index in [0.29, 0.717) is 17.1 Å². The molecule has 4 rings (SSSR count). The lowest BCUT2D eigenvalue weighted by atomic mass is 9.89. The number of carbonyl (C=O) groups excluding carboxylic acids is 1. The Balaban J connectivity index is 1.54. The predicted molar refractivity (Wildman–Crippen MR) is 93.1 cm³/mol. The summed E-state index contributed by atoms with van der Waals surface area (Å²) in [6.45, 7) is 0.505. The highest BCUT2D eigenvalue weighted by Crippen LogP contribution is 2.39. The van der Waals surface area contributed by atoms with Gasteiger partial charge in [-0.25, -0.2) is 4.39 Å². The molecule has 2 aliphatic rings. The molecule has 2 aromatic rings. The van der Waals surface area contributed by atoms with Crippen molar-refractivity contribution in [1.29, 1.82) is 0 Å². The van der Waals surface area contributed by atoms with Crippen LogP contribution in [0.5, 0.6) is 11.5 Å². The van der Waals surface area contributed by atoms with Crippen LogP contribution in [-0.2, 0) is 16.0 Å². The molecule has 0 bridgehead atoms. The molecule has 0 radical (unpaired) electrons. The van der Waals surface area contributed by atoms with Gasteiger partial charge in [0.15, 0.2) is 11.5 Å². The number of benzene rings is 2. The first-order valence-electron chi connectivity index (χ1n) is 8.66. The second-order valence-electron chi connectivity index (χ2n) is 6.73. The average Bonchev–Trinajstić information content (AvgIpc) is 3.29. The van der Waals surface area contributed by atoms with Crippen molar-refractivity contribution in [2.45, 2.75) is 12.3 Å². The smallest absolute Gasteiger partial charge is 0.308 e. The fourth-order valence-electron chi connectivity index (χ4n) is 3.66. The summed E-state index contributed by atoms with van der Waals surface area (Å²) in [6.07, 6.45) is -0.0904. The maximum absolute atomic E-state index is 13.8. The summed E-state index contributed by atoms with van der Waals surface area (Å²) in [7, 11) is 0. The van der Waals surface area contributed by atoms with E-state index in [0.717, 1.165) is 5.56 Å². The molecular weight excluding hydrogens is 353 g/mol. The van der Waals surface area contributed by atoms with Crippen molar-refractivity contribution in [3.63, 3.8) is 0 Å². The van der Waals surface area contributed by atoms with Crippen LogP contribution in [0, 0.1) is 11.7 Å². The van der Waals surface area contributed by atoms with Gasteiger partial charge < -0.3 is 19.5 Å². The van der Waals surface area contributed by atoms with E-state index in [1.54, 1.807) is 36.4 Å². The van der Waals surface area contributed by atoms with Gasteiger partial charge in [-0.15, -0.1) is 0 Å². The van der Waals surface area contributed by atoms with Gasteiger partial charge in [0.1, 0.15) is 5.82 Å². The van der Waals surface area contributed by atoms with Crippen molar-refractivity contribution in [3.05, 3.63) is 59.4 Å². The molecule has 27 heavy (non-hydrogen) atoms. The van der Waals surface area contributed by atoms with Gasteiger partial charge in [-0.05, 0) is 29.3 Å². The molecule has 2 aliphatic heterocycles. The Morgan fingerprint density at radius 1 is 1.11 bits per heavy atom. The number of halogens is 1. The van der Waals surface area contributed by atoms with E-state index in [1.807, 2.05) is 0 Å². The first kappa shape index (κ1) is 17.3. The Kier molecular flexibility index (Phi) is 4.43. The zero-order valence-electron chi connectivity index (χ0n) is 14.4. The van der Waals surface area contributed by atoms with Gasteiger partial charge in [0.25, 0.3) is 0 Å². The minimum Gasteiger partial charge on any atom is -0.481 e. The number of hydrogen-bond donors (Lipinski definition) is 1. The number of rotatable bonds is 4. The zero-order chi connectivity index (χ0) is 19.0. The van der Waals surface area contributed by atoms with Gasteiger partial charge >= 0.3 is 5.97 Å². The summed E-state index contributed by atoms with van der Waals surface area (Å²) in [5.74, 6) is -1.57. The maximum Gasteiger partial charge on any atom is 0.308 e. The Morgan fingerprint density at radius 3 is 2.67 bits per heavy atom. The van der Waals surface area contributed by atoms with Gasteiger partial charge in [-0.3, -0.25) is 9.59 Å². The van der Waals surface area contributed by atoms with E-state index in [9.17, 15) is 19.1 Å². The van der Waals surface area contributed by atoms with E-state index in [2.05, 4.69) is 0 Å². The minimum atomic E-state index is -0.959. The first-order valence-corrected chi connectivity index (χ1v) is 8.66. The second-order valence-corrected chi connectivity index (χ2v) is 6.73. The quantitative estimate of drug-likeness (QED) is 0.893. The van der Waals surface area contributed by atoms with Crippen LogP contribution in [-0.4, -0.2) is 41.8 Å². The number of nitrogens with zero attached hydrogens (tertiary/aromatic N) is 1. The highest BCUT2D eigenvalue weighted by molar-refractivity contribution is 5.81. The average molecular weight is 371 g/mol. The number of carboxylic acids is 1. The summed E-state index contributed by atoms with van der Waals surface area (Å²) in [5, 5.41) is 9.62. The number of carboxylic acid groups (broad SMARTS) is 1. The fourth-order valence-corrected chi connectivity index (χ4v) is 3.66. The van der Waals surface area contributed by atoms with Crippen LogP contribution in [0.4, 0.5) is 4.39 Å². The normalized spacial score (nSPS) is 20.7. The molecule has 0 aromatic heterocycles. The Labute approximate surface area is 155 Å². The molecular formula is C20H18FNO5. The lowest BCUT2D eigenvalue weighted by Gasteiger charge is -2.17. The number of fused-ring (bicyclic) bond motifs is 1. The molecule has 2 aromatic carbocycles. The lowest BCUT2D eigenvalue weighted by Crippen LogP contribution is -2.31. The number of carbonyl (C=O) groups is 2. The lowest BCUT2D eigenvalue weighted by molar-refractivity contribution is -0.141. The number of likely N-dealkylation sites (tertiary alicyclic amines) is 1. The number of amides is 1. The fraction of sp³-hybridized carbons (Fsp3) is 0.300. The molecule has 1 amide bonds. The van der Waals surface area contributed by atoms with Crippen LogP contribution in [0.2, 0.25) is 0 Å². The van der Waals surface area contributed by atoms with E-state index >= 15 is 0 Å². The van der Waals surface area contributed by atoms with Crippen molar-refractivity contribution in [2.24, 2.45) is 5.92 Å². The number of ether oxygens (including phenoxy) is 2. The third kappa shape index (κ3) is 3.32. The summed E-state index contributed by atoms with van der Waals surface area (Å²) in [4.78, 5) is 25.9. The molecule has 1 saturated heterocycles. The molecule has 6 nitrogen and oxygen atoms in total. The maximum atomic E-state index is 13.8. The van der Waals surface area contributed by atoms with Crippen molar-refractivity contribution in [3.8, 4) is 11.5 Å². The van der Waals surface area contributed by atoms with Crippen molar-refractivity contribution < 1.29 is 28.6 Å². The van der Waals surface area contributed by atoms with Crippen molar-refractivity contribution >= 4 is 11.9 Å². The Hall–Kier alpha value is -3.09. The summed E-state index contributed by atoms with van der Waals surface area (Å²) in [5.41, 5.74) is 1.09. The van der Waals surface area contributed by atoms with E-state index < -0.39 is 17.7 Å². The van der Waals surface area contributed by atoms with Crippen LogP contribution < -0.4 is 9.47 Å². The topological polar surface area (TPSA) is 76.1 Å². The van der Waals surface area contributed by atoms with Gasteiger partial charge in [0, 0.05) is 19.0 Å². The van der Waals surface area contributed by atoms with Crippen LogP contribution in [0.1, 0.15) is 17.0 Å². The summed E-state index contributed by atoms with van der Waals surface area (Å²) < 4.78 is 24.5. The highest BCUT2D eigenvalue weighted by atomic mass is 19.1. The molecule has 1 fully saturated rings. The molecule has 7 heteroatoms. The third-order valence-electron chi connectivity index (χ3n) is 5.11. The van der Waals surface area contributed by atoms with E-state index in [1.165, 1.54) is 11.0 Å². The molecule has 0 spiro atoms. The monoisotopic (exact) mass is 371 g/mol. The van der Waals surface area contributed by atoms with Crippen LogP contribution >= 0.6 is 0 Å². The molecule has 2 atom stereocenters. The van der Waals surface area contributed by atoms with Crippen LogP contribution in [0.15, 0.2) is 42.5 Å². The molecule has 0 unspecified atom stereocenters. The van der Waals surface area contributed by atoms with Crippen LogP contribution in [0.25, 0.3) is 0 Å². The number of hydrogen-bond acceptors (Lipinski definition) is 4. The van der Waals surface area contributed by atoms with E-state index in [4.69, 9.17) is 9.47 Å². The zero-order valence-corrected chi connectivity index (χ0v) is 14.4. The van der Waals surface area contributed by atoms with Gasteiger partial charge in [-0.1, -0.05) is 24.3 Å². The van der Waals surface area contributed by atoms with Gasteiger partial charge in [0.2, 0.25) is 12.7 Å². The van der Waals surface area contributed by atoms with E-state index in [-0.39, 0.29) is 38.1 Å². The van der Waals surface area contributed by atoms with Crippen molar-refractivity contribution in [1.82, 2.24) is 4.90 Å². The minimum absolute atomic E-state index is 0.0904. The van der Waals surface area contributed by atoms with Crippen LogP contribution in [0.3, 0.4) is 0 Å². The van der Waals surface area contributed by atoms with Crippen molar-refractivity contribution in [2.75, 3.05) is 19.9 Å². The largest absolute Gasteiger partial charge is 0.481 e.